The first-order valence-corrected chi connectivity index (χ1v) is 5.77. The summed E-state index contributed by atoms with van der Waals surface area (Å²) in [6.07, 6.45) is 3.67. The van der Waals surface area contributed by atoms with Crippen LogP contribution in [0.5, 0.6) is 5.75 Å². The van der Waals surface area contributed by atoms with Crippen LogP contribution < -0.4 is 10.1 Å². The van der Waals surface area contributed by atoms with Crippen LogP contribution >= 0.6 is 0 Å². The highest BCUT2D eigenvalue weighted by Crippen LogP contribution is 2.31. The zero-order chi connectivity index (χ0) is 11.5. The van der Waals surface area contributed by atoms with E-state index in [1.807, 2.05) is 30.5 Å². The number of aromatic nitrogens is 1. The molecule has 1 aliphatic heterocycles. The predicted octanol–water partition coefficient (Wildman–Crippen LogP) is 2.30. The molecule has 3 rings (SSSR count). The standard InChI is InChI=1S/C14H14N2O/c1-2-6-14-12(5-1)13(10-17-14)16-9-11-4-3-7-15-8-11/h1-8,13,16H,9-10H2. The SMILES string of the molecule is c1cncc(CNC2COc3ccccc32)c1. The summed E-state index contributed by atoms with van der Waals surface area (Å²) >= 11 is 0. The number of para-hydroxylation sites is 1. The van der Waals surface area contributed by atoms with E-state index in [1.165, 1.54) is 11.1 Å². The number of hydrogen-bond donors (Lipinski definition) is 1. The number of nitrogens with zero attached hydrogens (tertiary/aromatic N) is 1. The van der Waals surface area contributed by atoms with Gasteiger partial charge in [-0.15, -0.1) is 0 Å². The smallest absolute Gasteiger partial charge is 0.124 e. The molecule has 17 heavy (non-hydrogen) atoms. The summed E-state index contributed by atoms with van der Waals surface area (Å²) in [5.41, 5.74) is 2.44. The zero-order valence-corrected chi connectivity index (χ0v) is 9.47. The van der Waals surface area contributed by atoms with Crippen LogP contribution in [0.4, 0.5) is 0 Å². The van der Waals surface area contributed by atoms with Crippen LogP contribution in [0, 0.1) is 0 Å². The summed E-state index contributed by atoms with van der Waals surface area (Å²) < 4.78 is 5.62. The molecule has 0 spiro atoms. The molecule has 1 N–H and O–H groups in total. The molecular formula is C14H14N2O. The average Bonchev–Trinajstić information content (AvgIpc) is 2.81. The van der Waals surface area contributed by atoms with Crippen molar-refractivity contribution in [3.63, 3.8) is 0 Å². The highest BCUT2D eigenvalue weighted by Gasteiger charge is 2.22. The van der Waals surface area contributed by atoms with Crippen LogP contribution in [-0.4, -0.2) is 11.6 Å². The Hall–Kier alpha value is -1.87. The Morgan fingerprint density at radius 2 is 2.18 bits per heavy atom. The Bertz CT molecular complexity index is 499. The third-order valence-corrected chi connectivity index (χ3v) is 2.98. The van der Waals surface area contributed by atoms with E-state index in [-0.39, 0.29) is 6.04 Å². The maximum atomic E-state index is 5.62. The summed E-state index contributed by atoms with van der Waals surface area (Å²) in [5, 5.41) is 3.49. The van der Waals surface area contributed by atoms with E-state index in [4.69, 9.17) is 4.74 Å². The van der Waals surface area contributed by atoms with Gasteiger partial charge in [-0.3, -0.25) is 4.98 Å². The van der Waals surface area contributed by atoms with Gasteiger partial charge < -0.3 is 10.1 Å². The van der Waals surface area contributed by atoms with Gasteiger partial charge in [0.1, 0.15) is 12.4 Å². The molecular weight excluding hydrogens is 212 g/mol. The van der Waals surface area contributed by atoms with Crippen molar-refractivity contribution in [1.82, 2.24) is 10.3 Å². The zero-order valence-electron chi connectivity index (χ0n) is 9.47. The lowest BCUT2D eigenvalue weighted by Gasteiger charge is -2.11. The Morgan fingerprint density at radius 1 is 1.24 bits per heavy atom. The van der Waals surface area contributed by atoms with Gasteiger partial charge in [0, 0.05) is 24.5 Å². The van der Waals surface area contributed by atoms with Gasteiger partial charge in [0.15, 0.2) is 0 Å². The predicted molar refractivity (Wildman–Crippen MR) is 65.8 cm³/mol. The second-order valence-corrected chi connectivity index (χ2v) is 4.14. The van der Waals surface area contributed by atoms with E-state index >= 15 is 0 Å². The van der Waals surface area contributed by atoms with Crippen molar-refractivity contribution in [2.75, 3.05) is 6.61 Å². The van der Waals surface area contributed by atoms with Gasteiger partial charge in [-0.25, -0.2) is 0 Å². The summed E-state index contributed by atoms with van der Waals surface area (Å²) in [6, 6.07) is 12.5. The summed E-state index contributed by atoms with van der Waals surface area (Å²) in [5.74, 6) is 0.996. The molecule has 1 aromatic heterocycles. The van der Waals surface area contributed by atoms with E-state index in [2.05, 4.69) is 22.4 Å². The minimum atomic E-state index is 0.284. The molecule has 1 aromatic carbocycles. The van der Waals surface area contributed by atoms with Gasteiger partial charge >= 0.3 is 0 Å². The van der Waals surface area contributed by atoms with E-state index < -0.39 is 0 Å². The van der Waals surface area contributed by atoms with Gasteiger partial charge in [0.2, 0.25) is 0 Å². The number of benzene rings is 1. The van der Waals surface area contributed by atoms with Crippen LogP contribution in [0.2, 0.25) is 0 Å². The van der Waals surface area contributed by atoms with E-state index in [9.17, 15) is 0 Å². The lowest BCUT2D eigenvalue weighted by molar-refractivity contribution is 0.310. The average molecular weight is 226 g/mol. The van der Waals surface area contributed by atoms with Crippen LogP contribution in [-0.2, 0) is 6.54 Å². The molecule has 2 heterocycles. The molecule has 2 aromatic rings. The summed E-state index contributed by atoms with van der Waals surface area (Å²) in [4.78, 5) is 4.10. The Balaban J connectivity index is 1.68. The van der Waals surface area contributed by atoms with Crippen molar-refractivity contribution in [2.45, 2.75) is 12.6 Å². The van der Waals surface area contributed by atoms with Gasteiger partial charge in [-0.2, -0.15) is 0 Å². The first kappa shape index (κ1) is 10.3. The lowest BCUT2D eigenvalue weighted by Crippen LogP contribution is -2.21. The van der Waals surface area contributed by atoms with Gasteiger partial charge in [-0.1, -0.05) is 24.3 Å². The quantitative estimate of drug-likeness (QED) is 0.872. The van der Waals surface area contributed by atoms with Crippen LogP contribution in [0.1, 0.15) is 17.2 Å². The van der Waals surface area contributed by atoms with Crippen molar-refractivity contribution in [3.8, 4) is 5.75 Å². The molecule has 1 unspecified atom stereocenters. The summed E-state index contributed by atoms with van der Waals surface area (Å²) in [6.45, 7) is 1.52. The minimum Gasteiger partial charge on any atom is -0.491 e. The maximum absolute atomic E-state index is 5.62. The molecule has 0 saturated carbocycles. The normalized spacial score (nSPS) is 17.5. The minimum absolute atomic E-state index is 0.284. The van der Waals surface area contributed by atoms with Gasteiger partial charge in [-0.05, 0) is 17.7 Å². The van der Waals surface area contributed by atoms with Crippen LogP contribution in [0.15, 0.2) is 48.8 Å². The molecule has 0 amide bonds. The number of hydrogen-bond acceptors (Lipinski definition) is 3. The van der Waals surface area contributed by atoms with Crippen molar-refractivity contribution >= 4 is 0 Å². The van der Waals surface area contributed by atoms with Crippen molar-refractivity contribution in [3.05, 3.63) is 59.9 Å². The molecule has 1 atom stereocenters. The van der Waals surface area contributed by atoms with E-state index in [0.717, 1.165) is 12.3 Å². The molecule has 86 valence electrons. The van der Waals surface area contributed by atoms with E-state index in [0.29, 0.717) is 6.61 Å². The summed E-state index contributed by atoms with van der Waals surface area (Å²) in [7, 11) is 0. The number of ether oxygens (including phenoxy) is 1. The second-order valence-electron chi connectivity index (χ2n) is 4.14. The largest absolute Gasteiger partial charge is 0.491 e. The number of pyridine rings is 1. The number of fused-ring (bicyclic) bond motifs is 1. The van der Waals surface area contributed by atoms with Crippen molar-refractivity contribution < 1.29 is 4.74 Å². The van der Waals surface area contributed by atoms with Gasteiger partial charge in [0.05, 0.1) is 6.04 Å². The monoisotopic (exact) mass is 226 g/mol. The fourth-order valence-electron chi connectivity index (χ4n) is 2.08. The van der Waals surface area contributed by atoms with Crippen LogP contribution in [0.25, 0.3) is 0 Å². The fourth-order valence-corrected chi connectivity index (χ4v) is 2.08. The second kappa shape index (κ2) is 4.55. The molecule has 3 nitrogen and oxygen atoms in total. The molecule has 0 aliphatic carbocycles. The van der Waals surface area contributed by atoms with E-state index in [1.54, 1.807) is 6.20 Å². The maximum Gasteiger partial charge on any atom is 0.124 e. The lowest BCUT2D eigenvalue weighted by atomic mass is 10.1. The molecule has 0 fully saturated rings. The highest BCUT2D eigenvalue weighted by atomic mass is 16.5. The number of nitrogens with one attached hydrogen (secondary N) is 1. The Morgan fingerprint density at radius 3 is 3.06 bits per heavy atom. The molecule has 0 bridgehead atoms. The topological polar surface area (TPSA) is 34.2 Å². The molecule has 0 radical (unpaired) electrons. The fraction of sp³-hybridized carbons (Fsp3) is 0.214. The van der Waals surface area contributed by atoms with Crippen LogP contribution in [0.3, 0.4) is 0 Å². The molecule has 0 saturated heterocycles. The molecule has 3 heteroatoms. The molecule has 1 aliphatic rings. The van der Waals surface area contributed by atoms with Crippen molar-refractivity contribution in [2.24, 2.45) is 0 Å². The first-order valence-electron chi connectivity index (χ1n) is 5.77. The number of rotatable bonds is 3. The highest BCUT2D eigenvalue weighted by molar-refractivity contribution is 5.39. The first-order chi connectivity index (χ1) is 8.43. The van der Waals surface area contributed by atoms with Gasteiger partial charge in [0.25, 0.3) is 0 Å². The Labute approximate surface area is 100 Å². The third-order valence-electron chi connectivity index (χ3n) is 2.98. The third kappa shape index (κ3) is 2.15. The van der Waals surface area contributed by atoms with Crippen molar-refractivity contribution in [1.29, 1.82) is 0 Å². The Kier molecular flexibility index (Phi) is 2.76.